The Bertz CT molecular complexity index is 989. The molecule has 0 aliphatic heterocycles. The monoisotopic (exact) mass is 379 g/mol. The molecule has 0 bridgehead atoms. The maximum Gasteiger partial charge on any atom is 0.258 e. The molecule has 27 heavy (non-hydrogen) atoms. The van der Waals surface area contributed by atoms with Gasteiger partial charge in [-0.15, -0.1) is 11.3 Å². The largest absolute Gasteiger partial charge is 0.326 e. The van der Waals surface area contributed by atoms with E-state index < -0.39 is 0 Å². The summed E-state index contributed by atoms with van der Waals surface area (Å²) in [6.07, 6.45) is 8.24. The number of carbonyl (C=O) groups excluding carboxylic acids is 2. The summed E-state index contributed by atoms with van der Waals surface area (Å²) in [6, 6.07) is 11.2. The van der Waals surface area contributed by atoms with Gasteiger partial charge in [0.05, 0.1) is 5.56 Å². The normalized spacial score (nSPS) is 13.1. The van der Waals surface area contributed by atoms with Crippen molar-refractivity contribution >= 4 is 34.5 Å². The number of carbonyl (C=O) groups is 2. The van der Waals surface area contributed by atoms with E-state index in [-0.39, 0.29) is 11.8 Å². The van der Waals surface area contributed by atoms with Crippen molar-refractivity contribution in [3.8, 4) is 5.00 Å². The standard InChI is InChI=1S/C21H21N3O2S/c1-14(25)22-15-7-6-8-16(13-15)23-20(26)19-17-9-2-3-10-18(17)27-21(19)24-11-4-5-12-24/h4-8,11-13H,2-3,9-10H2,1H3,(H,22,25)(H,23,26). The van der Waals surface area contributed by atoms with Crippen LogP contribution >= 0.6 is 11.3 Å². The van der Waals surface area contributed by atoms with Gasteiger partial charge in [0.15, 0.2) is 0 Å². The van der Waals surface area contributed by atoms with Gasteiger partial charge < -0.3 is 15.2 Å². The van der Waals surface area contributed by atoms with Crippen LogP contribution in [0.15, 0.2) is 48.8 Å². The van der Waals surface area contributed by atoms with Crippen LogP contribution in [0.3, 0.4) is 0 Å². The van der Waals surface area contributed by atoms with Gasteiger partial charge in [0, 0.05) is 35.6 Å². The smallest absolute Gasteiger partial charge is 0.258 e. The predicted octanol–water partition coefficient (Wildman–Crippen LogP) is 4.63. The average Bonchev–Trinajstić information content (AvgIpc) is 3.29. The number of hydrogen-bond acceptors (Lipinski definition) is 3. The van der Waals surface area contributed by atoms with Crippen LogP contribution in [-0.4, -0.2) is 16.4 Å². The van der Waals surface area contributed by atoms with Crippen LogP contribution in [0.5, 0.6) is 0 Å². The van der Waals surface area contributed by atoms with E-state index in [1.807, 2.05) is 41.2 Å². The molecule has 0 saturated heterocycles. The highest BCUT2D eigenvalue weighted by Gasteiger charge is 2.26. The minimum Gasteiger partial charge on any atom is -0.326 e. The van der Waals surface area contributed by atoms with Gasteiger partial charge in [0.2, 0.25) is 5.91 Å². The molecule has 2 heterocycles. The highest BCUT2D eigenvalue weighted by atomic mass is 32.1. The maximum atomic E-state index is 13.2. The number of amides is 2. The summed E-state index contributed by atoms with van der Waals surface area (Å²) in [4.78, 5) is 25.8. The second-order valence-corrected chi connectivity index (χ2v) is 7.78. The summed E-state index contributed by atoms with van der Waals surface area (Å²) in [7, 11) is 0. The summed E-state index contributed by atoms with van der Waals surface area (Å²) < 4.78 is 2.02. The molecule has 2 aromatic heterocycles. The molecule has 1 aliphatic carbocycles. The lowest BCUT2D eigenvalue weighted by molar-refractivity contribution is -0.114. The summed E-state index contributed by atoms with van der Waals surface area (Å²) in [5, 5.41) is 6.73. The zero-order chi connectivity index (χ0) is 18.8. The van der Waals surface area contributed by atoms with Crippen molar-refractivity contribution in [1.82, 2.24) is 4.57 Å². The number of nitrogens with one attached hydrogen (secondary N) is 2. The Morgan fingerprint density at radius 2 is 1.70 bits per heavy atom. The Labute approximate surface area is 162 Å². The molecule has 0 saturated carbocycles. The lowest BCUT2D eigenvalue weighted by atomic mass is 9.95. The number of thiophene rings is 1. The number of fused-ring (bicyclic) bond motifs is 1. The molecule has 1 aliphatic rings. The maximum absolute atomic E-state index is 13.2. The molecule has 4 rings (SSSR count). The van der Waals surface area contributed by atoms with Crippen molar-refractivity contribution in [3.05, 3.63) is 64.8 Å². The van der Waals surface area contributed by atoms with Crippen LogP contribution in [0.4, 0.5) is 11.4 Å². The average molecular weight is 379 g/mol. The summed E-state index contributed by atoms with van der Waals surface area (Å²) in [5.74, 6) is -0.238. The van der Waals surface area contributed by atoms with E-state index in [1.54, 1.807) is 23.5 Å². The first-order chi connectivity index (χ1) is 13.1. The Kier molecular flexibility index (Phi) is 4.81. The summed E-state index contributed by atoms with van der Waals surface area (Å²) in [5.41, 5.74) is 3.29. The number of aryl methyl sites for hydroxylation is 1. The number of anilines is 2. The molecular formula is C21H21N3O2S. The summed E-state index contributed by atoms with van der Waals surface area (Å²) >= 11 is 1.72. The highest BCUT2D eigenvalue weighted by molar-refractivity contribution is 7.15. The fourth-order valence-electron chi connectivity index (χ4n) is 3.51. The van der Waals surface area contributed by atoms with Crippen molar-refractivity contribution in [1.29, 1.82) is 0 Å². The number of benzene rings is 1. The van der Waals surface area contributed by atoms with Crippen LogP contribution in [0.2, 0.25) is 0 Å². The van der Waals surface area contributed by atoms with E-state index in [4.69, 9.17) is 0 Å². The van der Waals surface area contributed by atoms with E-state index in [1.165, 1.54) is 23.8 Å². The number of rotatable bonds is 4. The zero-order valence-corrected chi connectivity index (χ0v) is 15.9. The lowest BCUT2D eigenvalue weighted by Crippen LogP contribution is -2.16. The van der Waals surface area contributed by atoms with Crippen LogP contribution in [-0.2, 0) is 17.6 Å². The van der Waals surface area contributed by atoms with E-state index in [0.29, 0.717) is 11.4 Å². The van der Waals surface area contributed by atoms with Crippen LogP contribution in [0.1, 0.15) is 40.6 Å². The molecule has 0 spiro atoms. The second kappa shape index (κ2) is 7.40. The number of aromatic nitrogens is 1. The minimum atomic E-state index is -0.139. The fraction of sp³-hybridized carbons (Fsp3) is 0.238. The van der Waals surface area contributed by atoms with Gasteiger partial charge in [0.25, 0.3) is 5.91 Å². The van der Waals surface area contributed by atoms with E-state index in [0.717, 1.165) is 29.8 Å². The molecule has 138 valence electrons. The molecule has 0 atom stereocenters. The van der Waals surface area contributed by atoms with Gasteiger partial charge in [-0.05, 0) is 61.6 Å². The molecular weight excluding hydrogens is 358 g/mol. The van der Waals surface area contributed by atoms with Crippen molar-refractivity contribution in [2.24, 2.45) is 0 Å². The zero-order valence-electron chi connectivity index (χ0n) is 15.1. The summed E-state index contributed by atoms with van der Waals surface area (Å²) in [6.45, 7) is 1.46. The third-order valence-corrected chi connectivity index (χ3v) is 5.96. The molecule has 2 amide bonds. The third kappa shape index (κ3) is 3.66. The fourth-order valence-corrected chi connectivity index (χ4v) is 4.86. The molecule has 5 nitrogen and oxygen atoms in total. The van der Waals surface area contributed by atoms with Crippen LogP contribution in [0.25, 0.3) is 5.00 Å². The minimum absolute atomic E-state index is 0.0990. The van der Waals surface area contributed by atoms with Crippen LogP contribution in [0, 0.1) is 0 Å². The van der Waals surface area contributed by atoms with Gasteiger partial charge in [-0.2, -0.15) is 0 Å². The highest BCUT2D eigenvalue weighted by Crippen LogP contribution is 2.37. The van der Waals surface area contributed by atoms with Gasteiger partial charge in [-0.25, -0.2) is 0 Å². The van der Waals surface area contributed by atoms with Crippen molar-refractivity contribution < 1.29 is 9.59 Å². The molecule has 0 radical (unpaired) electrons. The molecule has 0 unspecified atom stereocenters. The van der Waals surface area contributed by atoms with Crippen molar-refractivity contribution in [2.45, 2.75) is 32.6 Å². The SMILES string of the molecule is CC(=O)Nc1cccc(NC(=O)c2c(-n3cccc3)sc3c2CCCC3)c1. The van der Waals surface area contributed by atoms with Gasteiger partial charge >= 0.3 is 0 Å². The van der Waals surface area contributed by atoms with Crippen LogP contribution < -0.4 is 10.6 Å². The predicted molar refractivity (Wildman–Crippen MR) is 109 cm³/mol. The van der Waals surface area contributed by atoms with Gasteiger partial charge in [-0.1, -0.05) is 6.07 Å². The third-order valence-electron chi connectivity index (χ3n) is 4.66. The van der Waals surface area contributed by atoms with E-state index >= 15 is 0 Å². The molecule has 1 aromatic carbocycles. The Hall–Kier alpha value is -2.86. The Morgan fingerprint density at radius 3 is 2.44 bits per heavy atom. The van der Waals surface area contributed by atoms with E-state index in [2.05, 4.69) is 10.6 Å². The Balaban J connectivity index is 1.68. The number of nitrogens with zero attached hydrogens (tertiary/aromatic N) is 1. The topological polar surface area (TPSA) is 63.1 Å². The quantitative estimate of drug-likeness (QED) is 0.694. The van der Waals surface area contributed by atoms with Gasteiger partial charge in [-0.3, -0.25) is 9.59 Å². The molecule has 3 aromatic rings. The molecule has 2 N–H and O–H groups in total. The number of hydrogen-bond donors (Lipinski definition) is 2. The Morgan fingerprint density at radius 1 is 1.00 bits per heavy atom. The van der Waals surface area contributed by atoms with Gasteiger partial charge in [0.1, 0.15) is 5.00 Å². The second-order valence-electron chi connectivity index (χ2n) is 6.70. The molecule has 6 heteroatoms. The first-order valence-electron chi connectivity index (χ1n) is 9.08. The van der Waals surface area contributed by atoms with Crippen molar-refractivity contribution in [3.63, 3.8) is 0 Å². The molecule has 0 fully saturated rings. The van der Waals surface area contributed by atoms with Crippen molar-refractivity contribution in [2.75, 3.05) is 10.6 Å². The first-order valence-corrected chi connectivity index (χ1v) is 9.90. The van der Waals surface area contributed by atoms with E-state index in [9.17, 15) is 9.59 Å². The lowest BCUT2D eigenvalue weighted by Gasteiger charge is -2.14. The first kappa shape index (κ1) is 17.5.